The Morgan fingerprint density at radius 1 is 1.00 bits per heavy atom. The van der Waals surface area contributed by atoms with Crippen LogP contribution in [-0.4, -0.2) is 6.10 Å². The highest BCUT2D eigenvalue weighted by Gasteiger charge is 2.58. The molecule has 3 fully saturated rings. The van der Waals surface area contributed by atoms with Crippen LogP contribution >= 0.6 is 11.6 Å². The fourth-order valence-electron chi connectivity index (χ4n) is 7.61. The normalized spacial score (nSPS) is 45.7. The molecule has 146 valence electrons. The topological polar surface area (TPSA) is 9.23 Å². The third kappa shape index (κ3) is 2.96. The number of hydrogen-bond acceptors (Lipinski definition) is 1. The van der Waals surface area contributed by atoms with E-state index in [4.69, 9.17) is 16.3 Å². The lowest BCUT2D eigenvalue weighted by Crippen LogP contribution is -2.50. The fraction of sp³-hybridized carbons (Fsp3) is 0.680. The van der Waals surface area contributed by atoms with Crippen molar-refractivity contribution in [3.63, 3.8) is 0 Å². The monoisotopic (exact) mass is 384 g/mol. The molecular formula is C25H33ClO. The maximum atomic E-state index is 6.43. The van der Waals surface area contributed by atoms with Gasteiger partial charge in [0.15, 0.2) is 0 Å². The van der Waals surface area contributed by atoms with Crippen LogP contribution in [0.4, 0.5) is 0 Å². The summed E-state index contributed by atoms with van der Waals surface area (Å²) in [6.45, 7) is 5.15. The largest absolute Gasteiger partial charge is 0.490 e. The molecule has 3 saturated carbocycles. The zero-order valence-corrected chi connectivity index (χ0v) is 17.5. The minimum absolute atomic E-state index is 0.368. The van der Waals surface area contributed by atoms with Gasteiger partial charge in [-0.1, -0.05) is 37.6 Å². The third-order valence-corrected chi connectivity index (χ3v) is 9.22. The molecule has 27 heavy (non-hydrogen) atoms. The lowest BCUT2D eigenvalue weighted by atomic mass is 9.46. The summed E-state index contributed by atoms with van der Waals surface area (Å²) in [7, 11) is 0. The first kappa shape index (κ1) is 18.1. The van der Waals surface area contributed by atoms with Crippen molar-refractivity contribution < 1.29 is 4.74 Å². The lowest BCUT2D eigenvalue weighted by Gasteiger charge is -2.58. The van der Waals surface area contributed by atoms with E-state index in [9.17, 15) is 0 Å². The van der Waals surface area contributed by atoms with Crippen LogP contribution in [0.1, 0.15) is 65.2 Å². The molecule has 1 nitrogen and oxygen atoms in total. The van der Waals surface area contributed by atoms with Crippen molar-refractivity contribution in [2.45, 2.75) is 71.3 Å². The molecule has 0 heterocycles. The van der Waals surface area contributed by atoms with E-state index in [1.807, 2.05) is 24.3 Å². The SMILES string of the molecule is C[C@]12CC[C@@H]3[C@@H](CCC4CCC=C[C@@]43C)[C@@H]1CC(Oc1ccc(Cl)cc1)C2. The molecule has 2 unspecified atom stereocenters. The van der Waals surface area contributed by atoms with Crippen molar-refractivity contribution in [1.82, 2.24) is 0 Å². The van der Waals surface area contributed by atoms with Crippen LogP contribution in [0.3, 0.4) is 0 Å². The smallest absolute Gasteiger partial charge is 0.119 e. The molecule has 0 spiro atoms. The first-order valence-electron chi connectivity index (χ1n) is 11.1. The van der Waals surface area contributed by atoms with Crippen LogP contribution in [-0.2, 0) is 0 Å². The predicted molar refractivity (Wildman–Crippen MR) is 112 cm³/mol. The first-order valence-corrected chi connectivity index (χ1v) is 11.5. The van der Waals surface area contributed by atoms with Gasteiger partial charge in [-0.2, -0.15) is 0 Å². The van der Waals surface area contributed by atoms with Crippen LogP contribution in [0.25, 0.3) is 0 Å². The Kier molecular flexibility index (Phi) is 4.39. The number of rotatable bonds is 2. The molecule has 0 bridgehead atoms. The van der Waals surface area contributed by atoms with Crippen LogP contribution in [0.2, 0.25) is 5.02 Å². The summed E-state index contributed by atoms with van der Waals surface area (Å²) >= 11 is 6.03. The van der Waals surface area contributed by atoms with Crippen molar-refractivity contribution in [3.05, 3.63) is 41.4 Å². The summed E-state index contributed by atoms with van der Waals surface area (Å²) in [6, 6.07) is 7.92. The average Bonchev–Trinajstić information content (AvgIpc) is 2.99. The van der Waals surface area contributed by atoms with E-state index >= 15 is 0 Å². The van der Waals surface area contributed by atoms with Crippen LogP contribution in [0.5, 0.6) is 5.75 Å². The van der Waals surface area contributed by atoms with Gasteiger partial charge in [0.05, 0.1) is 6.10 Å². The van der Waals surface area contributed by atoms with E-state index in [0.717, 1.165) is 34.4 Å². The minimum Gasteiger partial charge on any atom is -0.490 e. The van der Waals surface area contributed by atoms with Crippen LogP contribution < -0.4 is 4.74 Å². The van der Waals surface area contributed by atoms with Crippen molar-refractivity contribution in [3.8, 4) is 5.75 Å². The van der Waals surface area contributed by atoms with Gasteiger partial charge in [0.1, 0.15) is 5.75 Å². The van der Waals surface area contributed by atoms with Crippen molar-refractivity contribution in [2.24, 2.45) is 34.5 Å². The van der Waals surface area contributed by atoms with Gasteiger partial charge in [-0.3, -0.25) is 0 Å². The molecule has 1 aromatic rings. The Labute approximate surface area is 169 Å². The highest BCUT2D eigenvalue weighted by molar-refractivity contribution is 6.30. The second-order valence-corrected chi connectivity index (χ2v) is 10.8. The highest BCUT2D eigenvalue weighted by atomic mass is 35.5. The summed E-state index contributed by atoms with van der Waals surface area (Å²) in [5.74, 6) is 4.53. The lowest BCUT2D eigenvalue weighted by molar-refractivity contribution is -0.0679. The predicted octanol–water partition coefficient (Wildman–Crippen LogP) is 7.30. The maximum Gasteiger partial charge on any atom is 0.119 e. The second kappa shape index (κ2) is 6.55. The Balaban J connectivity index is 1.36. The van der Waals surface area contributed by atoms with E-state index in [2.05, 4.69) is 26.0 Å². The van der Waals surface area contributed by atoms with E-state index in [1.165, 1.54) is 51.4 Å². The summed E-state index contributed by atoms with van der Waals surface area (Å²) < 4.78 is 6.43. The molecule has 5 rings (SSSR count). The summed E-state index contributed by atoms with van der Waals surface area (Å²) in [4.78, 5) is 0. The third-order valence-electron chi connectivity index (χ3n) is 8.97. The summed E-state index contributed by atoms with van der Waals surface area (Å²) in [5, 5.41) is 0.780. The molecular weight excluding hydrogens is 352 g/mol. The number of hydrogen-bond donors (Lipinski definition) is 0. The second-order valence-electron chi connectivity index (χ2n) is 10.3. The first-order chi connectivity index (χ1) is 13.0. The fourth-order valence-corrected chi connectivity index (χ4v) is 7.73. The Hall–Kier alpha value is -0.950. The molecule has 0 aromatic heterocycles. The molecule has 0 saturated heterocycles. The Bertz CT molecular complexity index is 724. The molecule has 4 aliphatic rings. The van der Waals surface area contributed by atoms with Crippen LogP contribution in [0.15, 0.2) is 36.4 Å². The van der Waals surface area contributed by atoms with Gasteiger partial charge >= 0.3 is 0 Å². The molecule has 0 amide bonds. The Morgan fingerprint density at radius 3 is 2.63 bits per heavy atom. The van der Waals surface area contributed by atoms with E-state index in [1.54, 1.807) is 0 Å². The zero-order chi connectivity index (χ0) is 18.6. The van der Waals surface area contributed by atoms with Gasteiger partial charge in [-0.15, -0.1) is 0 Å². The van der Waals surface area contributed by atoms with Crippen molar-refractivity contribution >= 4 is 11.6 Å². The number of benzene rings is 1. The molecule has 1 aromatic carbocycles. The van der Waals surface area contributed by atoms with Crippen molar-refractivity contribution in [1.29, 1.82) is 0 Å². The summed E-state index contributed by atoms with van der Waals surface area (Å²) in [5.41, 5.74) is 0.928. The Morgan fingerprint density at radius 2 is 1.81 bits per heavy atom. The van der Waals surface area contributed by atoms with Crippen LogP contribution in [0, 0.1) is 34.5 Å². The number of halogens is 1. The molecule has 4 aliphatic carbocycles. The van der Waals surface area contributed by atoms with Gasteiger partial charge in [0.2, 0.25) is 0 Å². The highest BCUT2D eigenvalue weighted by Crippen LogP contribution is 2.65. The summed E-state index contributed by atoms with van der Waals surface area (Å²) in [6.07, 6.45) is 16.3. The molecule has 0 aliphatic heterocycles. The zero-order valence-electron chi connectivity index (χ0n) is 16.8. The quantitative estimate of drug-likeness (QED) is 0.486. The number of ether oxygens (including phenoxy) is 1. The number of fused-ring (bicyclic) bond motifs is 5. The molecule has 0 N–H and O–H groups in total. The van der Waals surface area contributed by atoms with Gasteiger partial charge in [0, 0.05) is 5.02 Å². The maximum absolute atomic E-state index is 6.43. The van der Waals surface area contributed by atoms with E-state index < -0.39 is 0 Å². The van der Waals surface area contributed by atoms with Gasteiger partial charge < -0.3 is 4.74 Å². The number of allylic oxidation sites excluding steroid dienone is 2. The standard InChI is InChI=1S/C25H33ClO/c1-24-14-12-22-21(11-6-17-5-3-4-13-25(17,22)2)23(24)15-20(16-24)27-19-9-7-18(26)8-10-19/h4,7-10,13,17,20-23H,3,5-6,11-12,14-16H2,1-2H3/t17?,20?,21-,22-,23+,24-,25+/m1/s1. The van der Waals surface area contributed by atoms with Crippen molar-refractivity contribution in [2.75, 3.05) is 0 Å². The van der Waals surface area contributed by atoms with Gasteiger partial charge in [-0.25, -0.2) is 0 Å². The minimum atomic E-state index is 0.368. The molecule has 2 heteroatoms. The molecule has 0 radical (unpaired) electrons. The van der Waals surface area contributed by atoms with Gasteiger partial charge in [0.25, 0.3) is 0 Å². The van der Waals surface area contributed by atoms with E-state index in [0.29, 0.717) is 16.9 Å². The van der Waals surface area contributed by atoms with Gasteiger partial charge in [-0.05, 0) is 110 Å². The average molecular weight is 385 g/mol. The van der Waals surface area contributed by atoms with E-state index in [-0.39, 0.29) is 0 Å². The molecule has 7 atom stereocenters.